The van der Waals surface area contributed by atoms with Crippen LogP contribution in [-0.4, -0.2) is 15.5 Å². The van der Waals surface area contributed by atoms with E-state index in [1.54, 1.807) is 11.3 Å². The fourth-order valence-corrected chi connectivity index (χ4v) is 5.55. The summed E-state index contributed by atoms with van der Waals surface area (Å²) in [6.45, 7) is 2.02. The Hall–Kier alpha value is -3.25. The summed E-state index contributed by atoms with van der Waals surface area (Å²) in [7, 11) is 0. The number of aromatic nitrogens is 2. The topological polar surface area (TPSA) is 61.2 Å². The van der Waals surface area contributed by atoms with Crippen LogP contribution in [0.15, 0.2) is 59.4 Å². The highest BCUT2D eigenvalue weighted by atomic mass is 32.1. The van der Waals surface area contributed by atoms with Crippen molar-refractivity contribution in [2.45, 2.75) is 45.8 Å². The predicted molar refractivity (Wildman–Crippen MR) is 127 cm³/mol. The largest absolute Gasteiger partial charge is 0.459 e. The molecule has 0 radical (unpaired) electrons. The Labute approximate surface area is 190 Å². The number of ether oxygens (including phenoxy) is 1. The Morgan fingerprint density at radius 1 is 1.09 bits per heavy atom. The van der Waals surface area contributed by atoms with Gasteiger partial charge in [-0.1, -0.05) is 54.1 Å². The van der Waals surface area contributed by atoms with Crippen molar-refractivity contribution in [1.29, 1.82) is 0 Å². The number of hydrogen-bond acceptors (Lipinski definition) is 5. The zero-order chi connectivity index (χ0) is 22.1. The second kappa shape index (κ2) is 8.71. The maximum Gasteiger partial charge on any atom is 0.326 e. The van der Waals surface area contributed by atoms with Gasteiger partial charge < -0.3 is 4.74 Å². The van der Waals surface area contributed by atoms with Crippen LogP contribution in [0.5, 0.6) is 0 Å². The second-order valence-corrected chi connectivity index (χ2v) is 9.32. The Balaban J connectivity index is 1.57. The number of thiophene rings is 1. The second-order valence-electron chi connectivity index (χ2n) is 8.23. The quantitative estimate of drug-likeness (QED) is 0.404. The number of carbonyl (C=O) groups excluding carboxylic acids is 1. The van der Waals surface area contributed by atoms with Crippen LogP contribution < -0.4 is 5.56 Å². The van der Waals surface area contributed by atoms with E-state index in [-0.39, 0.29) is 18.7 Å². The molecule has 0 atom stereocenters. The molecule has 2 heterocycles. The highest BCUT2D eigenvalue weighted by Gasteiger charge is 2.23. The minimum Gasteiger partial charge on any atom is -0.459 e. The van der Waals surface area contributed by atoms with Crippen molar-refractivity contribution in [3.8, 4) is 11.4 Å². The first-order valence-corrected chi connectivity index (χ1v) is 11.7. The summed E-state index contributed by atoms with van der Waals surface area (Å²) >= 11 is 1.62. The molecule has 6 heteroatoms. The van der Waals surface area contributed by atoms with Crippen LogP contribution in [-0.2, 0) is 35.5 Å². The molecular formula is C26H24N2O3S. The van der Waals surface area contributed by atoms with Crippen LogP contribution in [0.25, 0.3) is 21.6 Å². The normalized spacial score (nSPS) is 13.2. The van der Waals surface area contributed by atoms with Crippen molar-refractivity contribution in [2.24, 2.45) is 0 Å². The van der Waals surface area contributed by atoms with Crippen molar-refractivity contribution < 1.29 is 9.53 Å². The van der Waals surface area contributed by atoms with Gasteiger partial charge in [-0.2, -0.15) is 0 Å². The number of fused-ring (bicyclic) bond motifs is 3. The third kappa shape index (κ3) is 3.98. The minimum absolute atomic E-state index is 0.150. The zero-order valence-electron chi connectivity index (χ0n) is 18.0. The van der Waals surface area contributed by atoms with Crippen molar-refractivity contribution in [1.82, 2.24) is 9.55 Å². The van der Waals surface area contributed by atoms with Crippen LogP contribution in [0, 0.1) is 6.92 Å². The number of aryl methyl sites for hydroxylation is 3. The highest BCUT2D eigenvalue weighted by molar-refractivity contribution is 7.18. The van der Waals surface area contributed by atoms with E-state index in [9.17, 15) is 9.59 Å². The van der Waals surface area contributed by atoms with Crippen molar-refractivity contribution in [3.63, 3.8) is 0 Å². The van der Waals surface area contributed by atoms with Crippen molar-refractivity contribution >= 4 is 27.5 Å². The maximum absolute atomic E-state index is 13.7. The summed E-state index contributed by atoms with van der Waals surface area (Å²) in [5.41, 5.74) is 3.78. The lowest BCUT2D eigenvalue weighted by molar-refractivity contribution is -0.145. The first-order valence-electron chi connectivity index (χ1n) is 10.9. The highest BCUT2D eigenvalue weighted by Crippen LogP contribution is 2.34. The first kappa shape index (κ1) is 20.6. The van der Waals surface area contributed by atoms with Crippen LogP contribution in [0.3, 0.4) is 0 Å². The average molecular weight is 445 g/mol. The Morgan fingerprint density at radius 3 is 2.72 bits per heavy atom. The molecule has 0 N–H and O–H groups in total. The van der Waals surface area contributed by atoms with Gasteiger partial charge in [0.2, 0.25) is 0 Å². The molecule has 1 aliphatic rings. The predicted octanol–water partition coefficient (Wildman–Crippen LogP) is 5.06. The number of nitrogens with zero attached hydrogens (tertiary/aromatic N) is 2. The monoisotopic (exact) mass is 444 g/mol. The number of carbonyl (C=O) groups is 1. The Morgan fingerprint density at radius 2 is 1.91 bits per heavy atom. The summed E-state index contributed by atoms with van der Waals surface area (Å²) in [5, 5.41) is 0.678. The van der Waals surface area contributed by atoms with Crippen LogP contribution in [0.4, 0.5) is 0 Å². The van der Waals surface area contributed by atoms with Gasteiger partial charge in [0, 0.05) is 10.4 Å². The fourth-order valence-electron chi connectivity index (χ4n) is 4.30. The van der Waals surface area contributed by atoms with Crippen molar-refractivity contribution in [2.75, 3.05) is 0 Å². The van der Waals surface area contributed by atoms with Crippen LogP contribution in [0.1, 0.15) is 34.4 Å². The van der Waals surface area contributed by atoms with Crippen LogP contribution >= 0.6 is 11.3 Å². The third-order valence-electron chi connectivity index (χ3n) is 5.88. The van der Waals surface area contributed by atoms with E-state index in [0.717, 1.165) is 52.8 Å². The summed E-state index contributed by atoms with van der Waals surface area (Å²) in [6, 6.07) is 17.4. The zero-order valence-corrected chi connectivity index (χ0v) is 18.8. The summed E-state index contributed by atoms with van der Waals surface area (Å²) in [6.07, 6.45) is 4.12. The van der Waals surface area contributed by atoms with E-state index in [1.165, 1.54) is 9.44 Å². The van der Waals surface area contributed by atoms with E-state index in [2.05, 4.69) is 0 Å². The van der Waals surface area contributed by atoms with E-state index < -0.39 is 5.97 Å². The lowest BCUT2D eigenvalue weighted by Gasteiger charge is -2.14. The molecule has 0 spiro atoms. The number of hydrogen-bond donors (Lipinski definition) is 0. The Bertz CT molecular complexity index is 1360. The lowest BCUT2D eigenvalue weighted by atomic mass is 9.97. The van der Waals surface area contributed by atoms with Gasteiger partial charge in [-0.05, 0) is 49.8 Å². The van der Waals surface area contributed by atoms with Gasteiger partial charge in [0.1, 0.15) is 23.8 Å². The Kier molecular flexibility index (Phi) is 5.62. The molecule has 1 aliphatic carbocycles. The van der Waals surface area contributed by atoms with Gasteiger partial charge in [-0.15, -0.1) is 11.3 Å². The molecule has 162 valence electrons. The molecule has 0 saturated carbocycles. The molecule has 0 aliphatic heterocycles. The molecule has 0 saturated heterocycles. The summed E-state index contributed by atoms with van der Waals surface area (Å²) in [4.78, 5) is 33.3. The standard InChI is InChI=1S/C26H24N2O3S/c1-17-8-7-11-19(14-17)24-27-25-23(20-12-5-6-13-21(20)32-25)26(30)28(24)15-22(29)31-16-18-9-3-2-4-10-18/h2-4,7-11,14H,5-6,12-13,15-16H2,1H3. The first-order chi connectivity index (χ1) is 15.6. The number of rotatable bonds is 5. The smallest absolute Gasteiger partial charge is 0.326 e. The van der Waals surface area contributed by atoms with Gasteiger partial charge in [0.15, 0.2) is 0 Å². The average Bonchev–Trinajstić information content (AvgIpc) is 3.19. The minimum atomic E-state index is -0.449. The van der Waals surface area contributed by atoms with E-state index in [1.807, 2.05) is 61.5 Å². The van der Waals surface area contributed by atoms with E-state index >= 15 is 0 Å². The molecule has 2 aromatic heterocycles. The third-order valence-corrected chi connectivity index (χ3v) is 7.07. The van der Waals surface area contributed by atoms with Gasteiger partial charge in [-0.25, -0.2) is 4.98 Å². The molecule has 0 unspecified atom stereocenters. The van der Waals surface area contributed by atoms with Gasteiger partial charge in [0.25, 0.3) is 5.56 Å². The maximum atomic E-state index is 13.7. The molecule has 5 nitrogen and oxygen atoms in total. The fraction of sp³-hybridized carbons (Fsp3) is 0.269. The molecule has 0 fully saturated rings. The SMILES string of the molecule is Cc1cccc(-c2nc3sc4c(c3c(=O)n2CC(=O)OCc2ccccc2)CCCC4)c1. The number of esters is 1. The molecule has 32 heavy (non-hydrogen) atoms. The lowest BCUT2D eigenvalue weighted by Crippen LogP contribution is -2.28. The molecule has 0 bridgehead atoms. The molecule has 0 amide bonds. The van der Waals surface area contributed by atoms with Crippen molar-refractivity contribution in [3.05, 3.63) is 86.5 Å². The number of benzene rings is 2. The van der Waals surface area contributed by atoms with Gasteiger partial charge in [-0.3, -0.25) is 14.2 Å². The summed E-state index contributed by atoms with van der Waals surface area (Å²) in [5.74, 6) is 0.0663. The van der Waals surface area contributed by atoms with Gasteiger partial charge >= 0.3 is 5.97 Å². The van der Waals surface area contributed by atoms with E-state index in [4.69, 9.17) is 9.72 Å². The van der Waals surface area contributed by atoms with Crippen LogP contribution in [0.2, 0.25) is 0 Å². The molecular weight excluding hydrogens is 420 g/mol. The molecule has 4 aromatic rings. The van der Waals surface area contributed by atoms with Gasteiger partial charge in [0.05, 0.1) is 5.39 Å². The van der Waals surface area contributed by atoms with E-state index in [0.29, 0.717) is 11.2 Å². The molecule has 2 aromatic carbocycles. The summed E-state index contributed by atoms with van der Waals surface area (Å²) < 4.78 is 6.98. The molecule has 5 rings (SSSR count).